The minimum absolute atomic E-state index is 0.0962. The van der Waals surface area contributed by atoms with Crippen LogP contribution in [0.3, 0.4) is 0 Å². The molecule has 1 aromatic carbocycles. The molecule has 19 heavy (non-hydrogen) atoms. The molecule has 0 aliphatic carbocycles. The maximum absolute atomic E-state index is 9.49. The molecule has 1 aromatic heterocycles. The number of nitrogens with one attached hydrogen (secondary N) is 1. The van der Waals surface area contributed by atoms with E-state index < -0.39 is 0 Å². The Balaban J connectivity index is 2.13. The van der Waals surface area contributed by atoms with Gasteiger partial charge in [-0.15, -0.1) is 0 Å². The second-order valence-electron chi connectivity index (χ2n) is 4.53. The van der Waals surface area contributed by atoms with Crippen LogP contribution < -0.4 is 5.32 Å². The standard InChI is InChI=1S/C13H15Cl2N3O/c1-8(2)18-7-16-5-10(18)6-17-9-3-11(14)13(19)12(15)4-9/h3-5,7-8,17,19H,6H2,1-2H3. The zero-order chi connectivity index (χ0) is 14.0. The van der Waals surface area contributed by atoms with E-state index in [1.165, 1.54) is 0 Å². The number of hydrogen-bond donors (Lipinski definition) is 2. The van der Waals surface area contributed by atoms with Crippen LogP contribution in [0.5, 0.6) is 5.75 Å². The Morgan fingerprint density at radius 1 is 1.32 bits per heavy atom. The molecule has 1 heterocycles. The van der Waals surface area contributed by atoms with Crippen molar-refractivity contribution in [3.63, 3.8) is 0 Å². The fourth-order valence-electron chi connectivity index (χ4n) is 1.79. The van der Waals surface area contributed by atoms with E-state index in [2.05, 4.69) is 28.7 Å². The van der Waals surface area contributed by atoms with E-state index in [9.17, 15) is 5.11 Å². The number of rotatable bonds is 4. The largest absolute Gasteiger partial charge is 0.505 e. The van der Waals surface area contributed by atoms with Crippen molar-refractivity contribution in [1.82, 2.24) is 9.55 Å². The summed E-state index contributed by atoms with van der Waals surface area (Å²) in [5, 5.41) is 13.2. The van der Waals surface area contributed by atoms with E-state index >= 15 is 0 Å². The molecule has 2 rings (SSSR count). The summed E-state index contributed by atoms with van der Waals surface area (Å²) in [5.41, 5.74) is 1.82. The molecule has 0 fully saturated rings. The lowest BCUT2D eigenvalue weighted by Gasteiger charge is -2.13. The molecule has 0 atom stereocenters. The Morgan fingerprint density at radius 2 is 1.95 bits per heavy atom. The SMILES string of the molecule is CC(C)n1cncc1CNc1cc(Cl)c(O)c(Cl)c1. The number of benzene rings is 1. The molecule has 0 saturated heterocycles. The lowest BCUT2D eigenvalue weighted by molar-refractivity contribution is 0.476. The summed E-state index contributed by atoms with van der Waals surface area (Å²) in [5.74, 6) is -0.0962. The summed E-state index contributed by atoms with van der Waals surface area (Å²) >= 11 is 11.7. The molecule has 0 aliphatic rings. The monoisotopic (exact) mass is 299 g/mol. The second-order valence-corrected chi connectivity index (χ2v) is 5.34. The van der Waals surface area contributed by atoms with E-state index in [4.69, 9.17) is 23.2 Å². The van der Waals surface area contributed by atoms with Gasteiger partial charge in [0, 0.05) is 17.9 Å². The first-order chi connectivity index (χ1) is 8.99. The summed E-state index contributed by atoms with van der Waals surface area (Å²) in [4.78, 5) is 4.14. The molecule has 0 radical (unpaired) electrons. The maximum atomic E-state index is 9.49. The fraction of sp³-hybridized carbons (Fsp3) is 0.308. The maximum Gasteiger partial charge on any atom is 0.152 e. The highest BCUT2D eigenvalue weighted by atomic mass is 35.5. The third-order valence-electron chi connectivity index (χ3n) is 2.79. The van der Waals surface area contributed by atoms with Crippen LogP contribution in [-0.4, -0.2) is 14.7 Å². The number of halogens is 2. The molecule has 0 amide bonds. The van der Waals surface area contributed by atoms with Crippen molar-refractivity contribution in [2.75, 3.05) is 5.32 Å². The molecule has 0 unspecified atom stereocenters. The van der Waals surface area contributed by atoms with Crippen LogP contribution in [0.1, 0.15) is 25.6 Å². The predicted octanol–water partition coefficient (Wildman–Crippen LogP) is 4.09. The topological polar surface area (TPSA) is 50.1 Å². The van der Waals surface area contributed by atoms with Crippen molar-refractivity contribution in [3.8, 4) is 5.75 Å². The number of anilines is 1. The summed E-state index contributed by atoms with van der Waals surface area (Å²) in [6, 6.07) is 3.63. The lowest BCUT2D eigenvalue weighted by atomic mass is 10.3. The molecule has 102 valence electrons. The zero-order valence-electron chi connectivity index (χ0n) is 10.7. The molecule has 6 heteroatoms. The van der Waals surface area contributed by atoms with E-state index in [1.807, 2.05) is 6.20 Å². The van der Waals surface area contributed by atoms with Gasteiger partial charge in [-0.2, -0.15) is 0 Å². The van der Waals surface area contributed by atoms with Gasteiger partial charge in [0.15, 0.2) is 5.75 Å². The van der Waals surface area contributed by atoms with Crippen LogP contribution in [0, 0.1) is 0 Å². The Labute approximate surface area is 122 Å². The summed E-state index contributed by atoms with van der Waals surface area (Å²) in [7, 11) is 0. The molecule has 4 nitrogen and oxygen atoms in total. The van der Waals surface area contributed by atoms with Gasteiger partial charge in [-0.3, -0.25) is 0 Å². The summed E-state index contributed by atoms with van der Waals surface area (Å²) in [6.07, 6.45) is 3.62. The van der Waals surface area contributed by atoms with Gasteiger partial charge in [0.2, 0.25) is 0 Å². The zero-order valence-corrected chi connectivity index (χ0v) is 12.2. The Hall–Kier alpha value is -1.39. The van der Waals surface area contributed by atoms with Crippen LogP contribution >= 0.6 is 23.2 Å². The highest BCUT2D eigenvalue weighted by Gasteiger charge is 2.08. The molecular weight excluding hydrogens is 285 g/mol. The van der Waals surface area contributed by atoms with E-state index in [0.717, 1.165) is 11.4 Å². The molecule has 0 saturated carbocycles. The van der Waals surface area contributed by atoms with E-state index in [-0.39, 0.29) is 15.8 Å². The summed E-state index contributed by atoms with van der Waals surface area (Å²) in [6.45, 7) is 4.80. The van der Waals surface area contributed by atoms with Gasteiger partial charge < -0.3 is 15.0 Å². The first kappa shape index (κ1) is 14.0. The first-order valence-corrected chi connectivity index (χ1v) is 6.67. The average Bonchev–Trinajstić information content (AvgIpc) is 2.81. The predicted molar refractivity (Wildman–Crippen MR) is 78.1 cm³/mol. The highest BCUT2D eigenvalue weighted by Crippen LogP contribution is 2.34. The van der Waals surface area contributed by atoms with Crippen LogP contribution in [-0.2, 0) is 6.54 Å². The van der Waals surface area contributed by atoms with Gasteiger partial charge in [0.25, 0.3) is 0 Å². The number of phenolic OH excluding ortho intramolecular Hbond substituents is 1. The molecule has 0 spiro atoms. The Kier molecular flexibility index (Phi) is 4.22. The number of imidazole rings is 1. The second kappa shape index (κ2) is 5.72. The minimum atomic E-state index is -0.0962. The highest BCUT2D eigenvalue weighted by molar-refractivity contribution is 6.37. The van der Waals surface area contributed by atoms with Gasteiger partial charge in [-0.25, -0.2) is 4.98 Å². The molecule has 0 aliphatic heterocycles. The molecule has 2 N–H and O–H groups in total. The van der Waals surface area contributed by atoms with Crippen LogP contribution in [0.4, 0.5) is 5.69 Å². The van der Waals surface area contributed by atoms with Crippen molar-refractivity contribution in [2.45, 2.75) is 26.4 Å². The third kappa shape index (κ3) is 3.14. The quantitative estimate of drug-likeness (QED) is 0.836. The number of nitrogens with zero attached hydrogens (tertiary/aromatic N) is 2. The van der Waals surface area contributed by atoms with Crippen molar-refractivity contribution < 1.29 is 5.11 Å². The Morgan fingerprint density at radius 3 is 2.53 bits per heavy atom. The van der Waals surface area contributed by atoms with Crippen molar-refractivity contribution in [2.24, 2.45) is 0 Å². The van der Waals surface area contributed by atoms with Gasteiger partial charge in [-0.1, -0.05) is 23.2 Å². The number of hydrogen-bond acceptors (Lipinski definition) is 3. The number of phenols is 1. The lowest BCUT2D eigenvalue weighted by Crippen LogP contribution is -2.08. The fourth-order valence-corrected chi connectivity index (χ4v) is 2.28. The number of aromatic hydroxyl groups is 1. The van der Waals surface area contributed by atoms with Crippen molar-refractivity contribution >= 4 is 28.9 Å². The van der Waals surface area contributed by atoms with Crippen molar-refractivity contribution in [3.05, 3.63) is 40.4 Å². The van der Waals surface area contributed by atoms with Crippen LogP contribution in [0.15, 0.2) is 24.7 Å². The van der Waals surface area contributed by atoms with E-state index in [1.54, 1.807) is 18.5 Å². The van der Waals surface area contributed by atoms with E-state index in [0.29, 0.717) is 12.6 Å². The molecule has 0 bridgehead atoms. The smallest absolute Gasteiger partial charge is 0.152 e. The van der Waals surface area contributed by atoms with Crippen LogP contribution in [0.25, 0.3) is 0 Å². The van der Waals surface area contributed by atoms with Gasteiger partial charge in [0.05, 0.1) is 28.6 Å². The molecule has 2 aromatic rings. The normalized spacial score (nSPS) is 11.0. The van der Waals surface area contributed by atoms with Crippen LogP contribution in [0.2, 0.25) is 10.0 Å². The Bertz CT molecular complexity index is 558. The molecular formula is C13H15Cl2N3O. The van der Waals surface area contributed by atoms with Gasteiger partial charge in [-0.05, 0) is 26.0 Å². The van der Waals surface area contributed by atoms with Crippen molar-refractivity contribution in [1.29, 1.82) is 0 Å². The van der Waals surface area contributed by atoms with Gasteiger partial charge >= 0.3 is 0 Å². The third-order valence-corrected chi connectivity index (χ3v) is 3.37. The number of aromatic nitrogens is 2. The summed E-state index contributed by atoms with van der Waals surface area (Å²) < 4.78 is 2.08. The first-order valence-electron chi connectivity index (χ1n) is 5.91. The average molecular weight is 300 g/mol. The minimum Gasteiger partial charge on any atom is -0.505 e. The van der Waals surface area contributed by atoms with Gasteiger partial charge in [0.1, 0.15) is 0 Å².